The van der Waals surface area contributed by atoms with Crippen molar-refractivity contribution < 1.29 is 0 Å². The SMILES string of the molecule is Cc1cc(-c2c(C(C)C)cccc2C(C)C)cc(C(C)(C)C)c1C.Cc1cc(-c2c(C)cccc2C)cc(C(C)(C)C)c1C.Cc1cc(-c2ccccc2)cc(C(C)(C)C)c1C.Cc1cc(-c2ccccc2C(C)(C)C)cc(C(C)(C)C)c1C.Cc1cc(-c2ccccc2C(C)C)cc(C(C)(C)C)c1C.Cc1ccccc1-c1cc(C)c(C)c(C(C)(C)C)c1. The summed E-state index contributed by atoms with van der Waals surface area (Å²) in [5, 5.41) is 0. The molecule has 124 heavy (non-hydrogen) atoms. The molecule has 0 heterocycles. The minimum atomic E-state index is 0.150. The molecule has 12 aromatic rings. The summed E-state index contributed by atoms with van der Waals surface area (Å²) in [6.45, 7) is 95.3. The average molecular weight is 1650 g/mol. The van der Waals surface area contributed by atoms with Gasteiger partial charge in [0.05, 0.1) is 0 Å². The zero-order valence-corrected chi connectivity index (χ0v) is 85.9. The molecule has 0 heteroatoms. The molecule has 0 saturated carbocycles. The Morgan fingerprint density at radius 1 is 0.161 bits per heavy atom. The second kappa shape index (κ2) is 41.0. The highest BCUT2D eigenvalue weighted by molar-refractivity contribution is 5.78. The summed E-state index contributed by atoms with van der Waals surface area (Å²) in [6, 6.07) is 78.6. The lowest BCUT2D eigenvalue weighted by Crippen LogP contribution is -2.15. The Labute approximate surface area is 759 Å². The van der Waals surface area contributed by atoms with Crippen LogP contribution in [0.3, 0.4) is 0 Å². The zero-order chi connectivity index (χ0) is 93.3. The zero-order valence-electron chi connectivity index (χ0n) is 85.9. The van der Waals surface area contributed by atoms with Crippen LogP contribution in [0, 0.1) is 104 Å². The minimum absolute atomic E-state index is 0.150. The van der Waals surface area contributed by atoms with Gasteiger partial charge >= 0.3 is 0 Å². The van der Waals surface area contributed by atoms with Gasteiger partial charge in [0.1, 0.15) is 0 Å². The summed E-state index contributed by atoms with van der Waals surface area (Å²) in [7, 11) is 0. The highest BCUT2D eigenvalue weighted by Gasteiger charge is 2.28. The highest BCUT2D eigenvalue weighted by Crippen LogP contribution is 2.44. The second-order valence-electron chi connectivity index (χ2n) is 44.4. The second-order valence-corrected chi connectivity index (χ2v) is 44.4. The quantitative estimate of drug-likeness (QED) is 0.135. The molecule has 12 rings (SSSR count). The summed E-state index contributed by atoms with van der Waals surface area (Å²) >= 11 is 0. The Bertz CT molecular complexity index is 5590. The highest BCUT2D eigenvalue weighted by atomic mass is 14.3. The topological polar surface area (TPSA) is 0 Å². The first-order valence-electron chi connectivity index (χ1n) is 46.4. The summed E-state index contributed by atoms with van der Waals surface area (Å²) < 4.78 is 0. The molecule has 0 aliphatic heterocycles. The van der Waals surface area contributed by atoms with Crippen LogP contribution in [-0.2, 0) is 37.9 Å². The van der Waals surface area contributed by atoms with E-state index in [-0.39, 0.29) is 37.9 Å². The van der Waals surface area contributed by atoms with E-state index in [0.29, 0.717) is 17.8 Å². The third-order valence-corrected chi connectivity index (χ3v) is 25.8. The van der Waals surface area contributed by atoms with Gasteiger partial charge in [0.15, 0.2) is 0 Å². The number of benzene rings is 12. The first-order chi connectivity index (χ1) is 57.2. The van der Waals surface area contributed by atoms with Crippen LogP contribution in [-0.4, -0.2) is 0 Å². The molecule has 0 unspecified atom stereocenters. The summed E-state index contributed by atoms with van der Waals surface area (Å²) in [4.78, 5) is 0. The van der Waals surface area contributed by atoms with E-state index in [1.165, 1.54) is 206 Å². The third kappa shape index (κ3) is 25.7. The van der Waals surface area contributed by atoms with Crippen LogP contribution in [0.25, 0.3) is 66.8 Å². The Balaban J connectivity index is 0.000000205. The van der Waals surface area contributed by atoms with Crippen molar-refractivity contribution in [3.8, 4) is 66.8 Å². The molecule has 0 radical (unpaired) electrons. The van der Waals surface area contributed by atoms with Gasteiger partial charge in [-0.2, -0.15) is 0 Å². The molecule has 0 aliphatic rings. The Kier molecular flexibility index (Phi) is 33.6. The van der Waals surface area contributed by atoms with Gasteiger partial charge < -0.3 is 0 Å². The fraction of sp³-hybridized carbons (Fsp3) is 0.419. The third-order valence-electron chi connectivity index (χ3n) is 25.8. The fourth-order valence-electron chi connectivity index (χ4n) is 18.1. The molecule has 660 valence electrons. The molecule has 0 aliphatic carbocycles. The first kappa shape index (κ1) is 102. The molecule has 0 amide bonds. The maximum absolute atomic E-state index is 2.44. The molecular weight excluding hydrogens is 1490 g/mol. The summed E-state index contributed by atoms with van der Waals surface area (Å²) in [6.07, 6.45) is 0. The number of aryl methyl sites for hydroxylation is 9. The molecule has 0 nitrogen and oxygen atoms in total. The van der Waals surface area contributed by atoms with Crippen molar-refractivity contribution in [3.63, 3.8) is 0 Å². The number of hydrogen-bond donors (Lipinski definition) is 0. The van der Waals surface area contributed by atoms with Crippen molar-refractivity contribution in [1.82, 2.24) is 0 Å². The van der Waals surface area contributed by atoms with Crippen molar-refractivity contribution in [3.05, 3.63) is 351 Å². The number of rotatable bonds is 9. The van der Waals surface area contributed by atoms with Gasteiger partial charge in [-0.3, -0.25) is 0 Å². The van der Waals surface area contributed by atoms with Crippen molar-refractivity contribution in [1.29, 1.82) is 0 Å². The average Bonchev–Trinajstić information content (AvgIpc) is 0.823. The largest absolute Gasteiger partial charge is 0.0622 e. The Morgan fingerprint density at radius 2 is 0.395 bits per heavy atom. The predicted molar refractivity (Wildman–Crippen MR) is 555 cm³/mol. The summed E-state index contributed by atoms with van der Waals surface area (Å²) in [5.74, 6) is 1.60. The van der Waals surface area contributed by atoms with Crippen molar-refractivity contribution >= 4 is 0 Å². The minimum Gasteiger partial charge on any atom is -0.0622 e. The van der Waals surface area contributed by atoms with Crippen LogP contribution in [0.2, 0.25) is 0 Å². The normalized spacial score (nSPS) is 12.0. The van der Waals surface area contributed by atoms with Gasteiger partial charge in [-0.1, -0.05) is 399 Å². The van der Waals surface area contributed by atoms with Crippen LogP contribution in [0.15, 0.2) is 212 Å². The molecule has 0 bridgehead atoms. The first-order valence-corrected chi connectivity index (χ1v) is 46.4. The molecule has 12 aromatic carbocycles. The monoisotopic (exact) mass is 1650 g/mol. The van der Waals surface area contributed by atoms with Crippen molar-refractivity contribution in [2.24, 2.45) is 0 Å². The summed E-state index contributed by atoms with van der Waals surface area (Å²) in [5.41, 5.74) is 52.9. The van der Waals surface area contributed by atoms with E-state index >= 15 is 0 Å². The molecule has 0 fully saturated rings. The van der Waals surface area contributed by atoms with Gasteiger partial charge in [0.2, 0.25) is 0 Å². The molecular formula is C124H164. The smallest absolute Gasteiger partial charge is 0.0114 e. The van der Waals surface area contributed by atoms with E-state index < -0.39 is 0 Å². The van der Waals surface area contributed by atoms with E-state index in [1.807, 2.05) is 0 Å². The van der Waals surface area contributed by atoms with E-state index in [4.69, 9.17) is 0 Å². The molecule has 0 saturated heterocycles. The Morgan fingerprint density at radius 3 is 0.734 bits per heavy atom. The predicted octanol–water partition coefficient (Wildman–Crippen LogP) is 37.2. The van der Waals surface area contributed by atoms with Crippen molar-refractivity contribution in [2.45, 2.75) is 346 Å². The van der Waals surface area contributed by atoms with E-state index in [9.17, 15) is 0 Å². The number of hydrogen-bond acceptors (Lipinski definition) is 0. The van der Waals surface area contributed by atoms with E-state index in [0.717, 1.165) is 0 Å². The fourth-order valence-corrected chi connectivity index (χ4v) is 18.1. The van der Waals surface area contributed by atoms with Crippen LogP contribution in [0.1, 0.15) is 344 Å². The van der Waals surface area contributed by atoms with Gasteiger partial charge in [-0.25, -0.2) is 0 Å². The van der Waals surface area contributed by atoms with Crippen LogP contribution < -0.4 is 0 Å². The van der Waals surface area contributed by atoms with Gasteiger partial charge in [-0.15, -0.1) is 0 Å². The van der Waals surface area contributed by atoms with Crippen LogP contribution in [0.5, 0.6) is 0 Å². The lowest BCUT2D eigenvalue weighted by atomic mass is 9.78. The molecule has 0 atom stereocenters. The lowest BCUT2D eigenvalue weighted by Gasteiger charge is -2.27. The van der Waals surface area contributed by atoms with E-state index in [1.54, 1.807) is 0 Å². The standard InChI is InChI=1S/C24H34.C22H30.C21H28.C20H26.C19H24.C18H22/c1-15(2)20-11-10-12-21(16(3)4)23(20)19-13-17(5)18(6)22(14-19)24(7,8)9;1-15-13-17(14-20(16(15)2)22(6,7)8)18-11-9-10-12-19(18)21(3,4)5;1-14(2)18-10-8-9-11-19(18)17-12-15(3)16(4)20(13-17)21(5,6)7;1-13-9-8-10-14(2)19(13)17-11-15(3)16(4)18(12-17)20(5,6)7;1-13-9-7-8-10-17(13)16-11-14(2)15(3)18(12-16)19(4,5)6;1-13-11-16(15-9-7-6-8-10-15)12-17(14(13)2)18(3,4)5/h10-16H,1-9H3;9-14H,1-8H3;8-14H,1-7H3;8-12H,1-7H3;7-12H,1-6H3;6-12H,1-5H3. The van der Waals surface area contributed by atoms with E-state index in [2.05, 4.69) is 503 Å². The van der Waals surface area contributed by atoms with Crippen LogP contribution in [0.4, 0.5) is 0 Å². The van der Waals surface area contributed by atoms with Gasteiger partial charge in [0.25, 0.3) is 0 Å². The van der Waals surface area contributed by atoms with Gasteiger partial charge in [0, 0.05) is 0 Å². The molecule has 0 aromatic heterocycles. The van der Waals surface area contributed by atoms with Crippen LogP contribution >= 0.6 is 0 Å². The molecule has 0 spiro atoms. The maximum Gasteiger partial charge on any atom is -0.0114 e. The maximum atomic E-state index is 2.44. The molecule has 0 N–H and O–H groups in total. The van der Waals surface area contributed by atoms with Gasteiger partial charge in [-0.05, 0) is 365 Å². The Hall–Kier alpha value is -9.36. The van der Waals surface area contributed by atoms with Crippen molar-refractivity contribution in [2.75, 3.05) is 0 Å². The lowest BCUT2D eigenvalue weighted by molar-refractivity contribution is 0.584.